The molecular weight excluding hydrogens is 183 g/mol. The lowest BCUT2D eigenvalue weighted by atomic mass is 9.80. The molecule has 0 aromatic carbocycles. The Morgan fingerprint density at radius 1 is 1.46 bits per heavy atom. The van der Waals surface area contributed by atoms with Crippen molar-refractivity contribution in [2.75, 3.05) is 20.3 Å². The molecule has 0 aromatic rings. The summed E-state index contributed by atoms with van der Waals surface area (Å²) in [4.78, 5) is 0. The van der Waals surface area contributed by atoms with Crippen molar-refractivity contribution in [2.24, 2.45) is 5.92 Å². The number of hydrogen-bond donors (Lipinski definition) is 1. The van der Waals surface area contributed by atoms with Gasteiger partial charge in [-0.1, -0.05) is 6.92 Å². The Hall–Kier alpha value is -0.290. The van der Waals surface area contributed by atoms with Crippen LogP contribution < -0.4 is 5.32 Å². The second kappa shape index (κ2) is 3.46. The van der Waals surface area contributed by atoms with Crippen molar-refractivity contribution in [1.29, 1.82) is 0 Å². The number of halogens is 3. The van der Waals surface area contributed by atoms with Crippen molar-refractivity contribution >= 4 is 0 Å². The third-order valence-electron chi connectivity index (χ3n) is 2.80. The minimum absolute atomic E-state index is 0.00579. The Balaban J connectivity index is 2.89. The molecule has 2 atom stereocenters. The highest BCUT2D eigenvalue weighted by atomic mass is 19.4. The Bertz CT molecular complexity index is 183. The summed E-state index contributed by atoms with van der Waals surface area (Å²) in [5.41, 5.74) is -1.76. The van der Waals surface area contributed by atoms with Gasteiger partial charge in [-0.05, 0) is 13.5 Å². The highest BCUT2D eigenvalue weighted by Gasteiger charge is 2.57. The first kappa shape index (κ1) is 10.8. The minimum atomic E-state index is -4.20. The van der Waals surface area contributed by atoms with Crippen LogP contribution in [0, 0.1) is 5.92 Å². The molecule has 1 saturated heterocycles. The molecular formula is C8H14F3NO. The number of rotatable bonds is 1. The van der Waals surface area contributed by atoms with Crippen molar-refractivity contribution in [3.63, 3.8) is 0 Å². The smallest absolute Gasteiger partial charge is 0.381 e. The van der Waals surface area contributed by atoms with Crippen LogP contribution in [-0.4, -0.2) is 32.0 Å². The zero-order valence-electron chi connectivity index (χ0n) is 7.74. The summed E-state index contributed by atoms with van der Waals surface area (Å²) in [5, 5.41) is 2.40. The van der Waals surface area contributed by atoms with Crippen molar-refractivity contribution < 1.29 is 17.9 Å². The van der Waals surface area contributed by atoms with Crippen LogP contribution >= 0.6 is 0 Å². The highest BCUT2D eigenvalue weighted by Crippen LogP contribution is 2.40. The maximum absolute atomic E-state index is 12.7. The third kappa shape index (κ3) is 1.67. The predicted octanol–water partition coefficient (Wildman–Crippen LogP) is 1.56. The van der Waals surface area contributed by atoms with E-state index in [9.17, 15) is 13.2 Å². The van der Waals surface area contributed by atoms with E-state index in [0.29, 0.717) is 0 Å². The van der Waals surface area contributed by atoms with E-state index in [1.54, 1.807) is 6.92 Å². The van der Waals surface area contributed by atoms with Crippen LogP contribution in [0.4, 0.5) is 13.2 Å². The van der Waals surface area contributed by atoms with Crippen molar-refractivity contribution in [1.82, 2.24) is 5.32 Å². The Kier molecular flexibility index (Phi) is 2.87. The monoisotopic (exact) mass is 197 g/mol. The zero-order chi connectivity index (χ0) is 10.1. The number of hydrogen-bond acceptors (Lipinski definition) is 2. The maximum Gasteiger partial charge on any atom is 0.407 e. The second-order valence-corrected chi connectivity index (χ2v) is 3.45. The zero-order valence-corrected chi connectivity index (χ0v) is 7.74. The van der Waals surface area contributed by atoms with E-state index in [1.165, 1.54) is 7.05 Å². The molecule has 0 aromatic heterocycles. The van der Waals surface area contributed by atoms with Crippen LogP contribution in [0.1, 0.15) is 13.3 Å². The lowest BCUT2D eigenvalue weighted by Crippen LogP contribution is -2.63. The average Bonchev–Trinajstić information content (AvgIpc) is 2.03. The first-order valence-electron chi connectivity index (χ1n) is 4.27. The van der Waals surface area contributed by atoms with Gasteiger partial charge in [0.05, 0.1) is 6.61 Å². The first-order chi connectivity index (χ1) is 5.94. The topological polar surface area (TPSA) is 21.3 Å². The Labute approximate surface area is 75.4 Å². The van der Waals surface area contributed by atoms with Gasteiger partial charge in [0.1, 0.15) is 5.54 Å². The van der Waals surface area contributed by atoms with Crippen molar-refractivity contribution in [3.8, 4) is 0 Å². The Morgan fingerprint density at radius 3 is 2.38 bits per heavy atom. The van der Waals surface area contributed by atoms with Gasteiger partial charge in [0.25, 0.3) is 0 Å². The predicted molar refractivity (Wildman–Crippen MR) is 42.4 cm³/mol. The van der Waals surface area contributed by atoms with E-state index >= 15 is 0 Å². The van der Waals surface area contributed by atoms with Gasteiger partial charge in [0.2, 0.25) is 0 Å². The summed E-state index contributed by atoms with van der Waals surface area (Å²) >= 11 is 0. The van der Waals surface area contributed by atoms with Gasteiger partial charge >= 0.3 is 6.18 Å². The van der Waals surface area contributed by atoms with Gasteiger partial charge in [-0.25, -0.2) is 0 Å². The molecule has 1 heterocycles. The van der Waals surface area contributed by atoms with Gasteiger partial charge < -0.3 is 10.1 Å². The van der Waals surface area contributed by atoms with Gasteiger partial charge in [-0.3, -0.25) is 0 Å². The molecule has 0 aliphatic carbocycles. The van der Waals surface area contributed by atoms with Crippen LogP contribution in [0.25, 0.3) is 0 Å². The molecule has 0 saturated carbocycles. The molecule has 1 aliphatic rings. The summed E-state index contributed by atoms with van der Waals surface area (Å²) in [6, 6.07) is 0. The van der Waals surface area contributed by atoms with E-state index < -0.39 is 17.6 Å². The molecule has 1 rings (SSSR count). The third-order valence-corrected chi connectivity index (χ3v) is 2.80. The van der Waals surface area contributed by atoms with Crippen LogP contribution in [0.2, 0.25) is 0 Å². The van der Waals surface area contributed by atoms with Crippen molar-refractivity contribution in [3.05, 3.63) is 0 Å². The van der Waals surface area contributed by atoms with Crippen LogP contribution in [0.5, 0.6) is 0 Å². The molecule has 0 radical (unpaired) electrons. The molecule has 2 unspecified atom stereocenters. The van der Waals surface area contributed by atoms with Gasteiger partial charge in [0, 0.05) is 12.5 Å². The standard InChI is InChI=1S/C8H14F3NO/c1-6-5-13-4-3-7(6,12-2)8(9,10)11/h6,12H,3-5H2,1-2H3. The molecule has 5 heteroatoms. The van der Waals surface area contributed by atoms with Crippen LogP contribution in [-0.2, 0) is 4.74 Å². The minimum Gasteiger partial charge on any atom is -0.381 e. The van der Waals surface area contributed by atoms with Crippen LogP contribution in [0.15, 0.2) is 0 Å². The molecule has 78 valence electrons. The molecule has 13 heavy (non-hydrogen) atoms. The maximum atomic E-state index is 12.7. The molecule has 0 spiro atoms. The lowest BCUT2D eigenvalue weighted by Gasteiger charge is -2.43. The number of ether oxygens (including phenoxy) is 1. The fourth-order valence-corrected chi connectivity index (χ4v) is 1.82. The molecule has 1 N–H and O–H groups in total. The fourth-order valence-electron chi connectivity index (χ4n) is 1.82. The molecule has 1 fully saturated rings. The van der Waals surface area contributed by atoms with Crippen LogP contribution in [0.3, 0.4) is 0 Å². The molecule has 0 amide bonds. The van der Waals surface area contributed by atoms with E-state index in [1.807, 2.05) is 0 Å². The largest absolute Gasteiger partial charge is 0.407 e. The van der Waals surface area contributed by atoms with E-state index in [-0.39, 0.29) is 19.6 Å². The average molecular weight is 197 g/mol. The number of alkyl halides is 3. The summed E-state index contributed by atoms with van der Waals surface area (Å²) in [5.74, 6) is -0.536. The quantitative estimate of drug-likeness (QED) is 0.688. The summed E-state index contributed by atoms with van der Waals surface area (Å²) in [7, 11) is 1.36. The molecule has 1 aliphatic heterocycles. The molecule has 0 bridgehead atoms. The van der Waals surface area contributed by atoms with Crippen molar-refractivity contribution in [2.45, 2.75) is 25.1 Å². The lowest BCUT2D eigenvalue weighted by molar-refractivity contribution is -0.231. The van der Waals surface area contributed by atoms with E-state index in [0.717, 1.165) is 0 Å². The SMILES string of the molecule is CNC1(C(F)(F)F)CCOCC1C. The second-order valence-electron chi connectivity index (χ2n) is 3.45. The van der Waals surface area contributed by atoms with Gasteiger partial charge in [0.15, 0.2) is 0 Å². The summed E-state index contributed by atoms with van der Waals surface area (Å²) < 4.78 is 43.2. The van der Waals surface area contributed by atoms with E-state index in [4.69, 9.17) is 4.74 Å². The van der Waals surface area contributed by atoms with Gasteiger partial charge in [-0.2, -0.15) is 13.2 Å². The summed E-state index contributed by atoms with van der Waals surface area (Å²) in [6.45, 7) is 1.90. The first-order valence-corrected chi connectivity index (χ1v) is 4.27. The number of nitrogens with one attached hydrogen (secondary N) is 1. The highest BCUT2D eigenvalue weighted by molar-refractivity contribution is 4.99. The normalized spacial score (nSPS) is 36.2. The van der Waals surface area contributed by atoms with E-state index in [2.05, 4.69) is 5.32 Å². The fraction of sp³-hybridized carbons (Fsp3) is 1.00. The molecule has 2 nitrogen and oxygen atoms in total. The summed E-state index contributed by atoms with van der Waals surface area (Å²) in [6.07, 6.45) is -4.21. The van der Waals surface area contributed by atoms with Gasteiger partial charge in [-0.15, -0.1) is 0 Å². The Morgan fingerprint density at radius 2 is 2.08 bits per heavy atom.